The molecule has 2 saturated carbocycles. The van der Waals surface area contributed by atoms with Crippen molar-refractivity contribution in [3.63, 3.8) is 0 Å². The van der Waals surface area contributed by atoms with Crippen molar-refractivity contribution in [3.8, 4) is 0 Å². The van der Waals surface area contributed by atoms with Crippen LogP contribution in [0.25, 0.3) is 0 Å². The van der Waals surface area contributed by atoms with Gasteiger partial charge in [0, 0.05) is 0 Å². The zero-order valence-electron chi connectivity index (χ0n) is 14.3. The summed E-state index contributed by atoms with van der Waals surface area (Å²) in [6.07, 6.45) is 14.7. The summed E-state index contributed by atoms with van der Waals surface area (Å²) in [5.41, 5.74) is 0. The van der Waals surface area contributed by atoms with Crippen molar-refractivity contribution in [2.75, 3.05) is 0 Å². The topological polar surface area (TPSA) is 40.5 Å². The van der Waals surface area contributed by atoms with Crippen molar-refractivity contribution >= 4 is 0 Å². The van der Waals surface area contributed by atoms with E-state index in [2.05, 4.69) is 0 Å². The van der Waals surface area contributed by atoms with Gasteiger partial charge in [0.05, 0.1) is 12.2 Å². The summed E-state index contributed by atoms with van der Waals surface area (Å²) < 4.78 is 0. The van der Waals surface area contributed by atoms with Crippen LogP contribution < -0.4 is 0 Å². The first kappa shape index (κ1) is 33.2. The van der Waals surface area contributed by atoms with Crippen LogP contribution in [0.3, 0.4) is 0 Å². The molecule has 2 nitrogen and oxygen atoms in total. The molecule has 3 heteroatoms. The summed E-state index contributed by atoms with van der Waals surface area (Å²) in [6, 6.07) is 0. The van der Waals surface area contributed by atoms with Gasteiger partial charge in [0.2, 0.25) is 0 Å². The van der Waals surface area contributed by atoms with Gasteiger partial charge in [-0.2, -0.15) is 0 Å². The Balaban J connectivity index is -0.0000000562. The molecule has 2 atom stereocenters. The molecule has 2 fully saturated rings. The Hall–Kier alpha value is 0.504. The summed E-state index contributed by atoms with van der Waals surface area (Å²) in [5.74, 6) is 0. The number of aliphatic hydroxyl groups is 2. The van der Waals surface area contributed by atoms with Crippen LogP contribution in [0.2, 0.25) is 0 Å². The van der Waals surface area contributed by atoms with Crippen LogP contribution in [-0.2, 0) is 18.6 Å². The Morgan fingerprint density at radius 3 is 0.810 bits per heavy atom. The summed E-state index contributed by atoms with van der Waals surface area (Å²) in [7, 11) is 0. The van der Waals surface area contributed by atoms with E-state index in [1.165, 1.54) is 64.2 Å². The largest absolute Gasteiger partial charge is 2.00 e. The Bertz CT molecular complexity index is 111. The van der Waals surface area contributed by atoms with Gasteiger partial charge < -0.3 is 25.1 Å². The zero-order valence-corrected chi connectivity index (χ0v) is 15.7. The molecule has 0 aliphatic heterocycles. The molecule has 131 valence electrons. The second-order valence-corrected chi connectivity index (χ2v) is 5.47. The minimum absolute atomic E-state index is 0. The fourth-order valence-corrected chi connectivity index (χ4v) is 2.26. The van der Waals surface area contributed by atoms with E-state index in [4.69, 9.17) is 10.2 Å². The van der Waals surface area contributed by atoms with Gasteiger partial charge >= 0.3 is 18.6 Å². The summed E-state index contributed by atoms with van der Waals surface area (Å²) >= 11 is 0. The maximum Gasteiger partial charge on any atom is 2.00 e. The molecule has 21 heavy (non-hydrogen) atoms. The average molecular weight is 341 g/mol. The molecule has 2 aliphatic rings. The van der Waals surface area contributed by atoms with Crippen LogP contribution in [0, 0.1) is 14.9 Å². The second-order valence-electron chi connectivity index (χ2n) is 5.47. The van der Waals surface area contributed by atoms with Crippen molar-refractivity contribution in [2.45, 2.75) is 104 Å². The van der Waals surface area contributed by atoms with Gasteiger partial charge in [-0.05, 0) is 20.3 Å². The first-order chi connectivity index (χ1) is 8.13. The third-order valence-corrected chi connectivity index (χ3v) is 3.18. The van der Waals surface area contributed by atoms with Crippen molar-refractivity contribution in [2.24, 2.45) is 0 Å². The van der Waals surface area contributed by atoms with Crippen LogP contribution >= 0.6 is 0 Å². The Morgan fingerprint density at radius 1 is 0.619 bits per heavy atom. The van der Waals surface area contributed by atoms with E-state index < -0.39 is 0 Å². The van der Waals surface area contributed by atoms with Crippen molar-refractivity contribution in [3.05, 3.63) is 14.9 Å². The molecule has 0 heterocycles. The Labute approximate surface area is 148 Å². The molecule has 2 N–H and O–H groups in total. The number of hydrogen-bond acceptors (Lipinski definition) is 2. The quantitative estimate of drug-likeness (QED) is 0.644. The smallest absolute Gasteiger partial charge is 0.393 e. The maximum atomic E-state index is 8.56. The molecular formula is C18H42O2V. The molecule has 0 bridgehead atoms. The average Bonchev–Trinajstić information content (AvgIpc) is 2.96. The molecule has 0 saturated heterocycles. The van der Waals surface area contributed by atoms with E-state index >= 15 is 0 Å². The Morgan fingerprint density at radius 2 is 0.762 bits per heavy atom. The summed E-state index contributed by atoms with van der Waals surface area (Å²) in [4.78, 5) is 0. The summed E-state index contributed by atoms with van der Waals surface area (Å²) in [6.45, 7) is 3.32. The molecule has 2 aliphatic carbocycles. The zero-order chi connectivity index (χ0) is 12.9. The van der Waals surface area contributed by atoms with Crippen LogP contribution in [-0.4, -0.2) is 22.4 Å². The molecule has 2 unspecified atom stereocenters. The molecule has 2 rings (SSSR count). The second kappa shape index (κ2) is 25.5. The van der Waals surface area contributed by atoms with Crippen LogP contribution in [0.15, 0.2) is 0 Å². The van der Waals surface area contributed by atoms with Crippen molar-refractivity contribution in [1.29, 1.82) is 0 Å². The van der Waals surface area contributed by atoms with E-state index in [-0.39, 0.29) is 53.0 Å². The van der Waals surface area contributed by atoms with Crippen LogP contribution in [0.1, 0.15) is 91.9 Å². The van der Waals surface area contributed by atoms with Gasteiger partial charge in [0.1, 0.15) is 0 Å². The third kappa shape index (κ3) is 33.4. The van der Waals surface area contributed by atoms with Gasteiger partial charge in [0.15, 0.2) is 0 Å². The van der Waals surface area contributed by atoms with Gasteiger partial charge in [-0.25, -0.2) is 0 Å². The van der Waals surface area contributed by atoms with E-state index in [0.717, 1.165) is 0 Å². The van der Waals surface area contributed by atoms with Crippen molar-refractivity contribution in [1.82, 2.24) is 0 Å². The normalized spacial score (nSPS) is 17.7. The van der Waals surface area contributed by atoms with Gasteiger partial charge in [-0.1, -0.05) is 71.6 Å². The molecule has 0 aromatic rings. The first-order valence-electron chi connectivity index (χ1n) is 7.49. The number of rotatable bonds is 2. The van der Waals surface area contributed by atoms with E-state index in [1.807, 2.05) is 0 Å². The monoisotopic (exact) mass is 341 g/mol. The van der Waals surface area contributed by atoms with Crippen LogP contribution in [0.4, 0.5) is 0 Å². The van der Waals surface area contributed by atoms with Crippen LogP contribution in [0.5, 0.6) is 0 Å². The molecular weight excluding hydrogens is 299 g/mol. The molecule has 1 radical (unpaired) electrons. The molecule has 0 spiro atoms. The van der Waals surface area contributed by atoms with E-state index in [0.29, 0.717) is 6.42 Å². The third-order valence-electron chi connectivity index (χ3n) is 3.18. The minimum atomic E-state index is -0.375. The van der Waals surface area contributed by atoms with Gasteiger partial charge in [0.25, 0.3) is 0 Å². The van der Waals surface area contributed by atoms with E-state index in [1.54, 1.807) is 13.8 Å². The Kier molecular flexibility index (Phi) is 40.2. The minimum Gasteiger partial charge on any atom is -0.393 e. The summed E-state index contributed by atoms with van der Waals surface area (Å²) in [5, 5.41) is 17.1. The number of hydrogen-bond donors (Lipinski definition) is 2. The van der Waals surface area contributed by atoms with Gasteiger partial charge in [-0.15, -0.1) is 0 Å². The standard InChI is InChI=1S/C5H12O2.2C5H10.CH4.2CH3.V/c1-4(6)3-5(2)7;2*1-2-4-5-3-1;;;;/h4-7H,3H2,1-2H3;2*1-5H2;1H4;2*1H3;/q;;;;2*-1;+2. The van der Waals surface area contributed by atoms with E-state index in [9.17, 15) is 0 Å². The molecule has 0 aromatic heterocycles. The fourth-order valence-electron chi connectivity index (χ4n) is 2.26. The van der Waals surface area contributed by atoms with Gasteiger partial charge in [-0.3, -0.25) is 0 Å². The predicted octanol–water partition coefficient (Wildman–Crippen LogP) is 5.57. The SMILES string of the molecule is C.C1CCCC1.C1CCCC1.CC(O)CC(C)O.[CH3-].[CH3-].[V+2]. The molecule has 0 amide bonds. The first-order valence-corrected chi connectivity index (χ1v) is 7.49. The fraction of sp³-hybridized carbons (Fsp3) is 0.889. The number of aliphatic hydroxyl groups excluding tert-OH is 2. The maximum absolute atomic E-state index is 8.56. The van der Waals surface area contributed by atoms with Crippen molar-refractivity contribution < 1.29 is 28.8 Å². The predicted molar refractivity (Wildman–Crippen MR) is 93.7 cm³/mol. The molecule has 0 aromatic carbocycles.